The third kappa shape index (κ3) is 3.38. The average Bonchev–Trinajstić information content (AvgIpc) is 3.22. The molecule has 138 valence electrons. The lowest BCUT2D eigenvalue weighted by Gasteiger charge is -2.16. The molecule has 0 saturated heterocycles. The van der Waals surface area contributed by atoms with Crippen LogP contribution in [0.4, 0.5) is 20.4 Å². The molecule has 4 aromatic rings. The molecule has 0 aliphatic rings. The standard InChI is InChI=1S/C19H18F2N6/c1-3-15(12-4-6-13(20)7-5-12)18-23-19(22-17-8-11(2)24-25-17)16-9-14(21)10-27(16)26-18/h4-10,15H,3H2,1-2H3,(H2,22,23,24,25,26). The van der Waals surface area contributed by atoms with Crippen molar-refractivity contribution in [3.8, 4) is 0 Å². The fourth-order valence-corrected chi connectivity index (χ4v) is 3.09. The van der Waals surface area contributed by atoms with Gasteiger partial charge in [0.05, 0.1) is 6.20 Å². The van der Waals surface area contributed by atoms with E-state index in [0.29, 0.717) is 29.4 Å². The van der Waals surface area contributed by atoms with Gasteiger partial charge in [0.2, 0.25) is 0 Å². The van der Waals surface area contributed by atoms with E-state index in [1.807, 2.05) is 19.9 Å². The number of anilines is 2. The van der Waals surface area contributed by atoms with E-state index in [2.05, 4.69) is 25.6 Å². The number of aryl methyl sites for hydroxylation is 1. The van der Waals surface area contributed by atoms with Gasteiger partial charge in [-0.15, -0.1) is 0 Å². The molecule has 3 heterocycles. The van der Waals surface area contributed by atoms with E-state index in [9.17, 15) is 8.78 Å². The Morgan fingerprint density at radius 3 is 2.59 bits per heavy atom. The smallest absolute Gasteiger partial charge is 0.159 e. The molecule has 27 heavy (non-hydrogen) atoms. The second kappa shape index (κ2) is 6.79. The van der Waals surface area contributed by atoms with E-state index in [1.54, 1.807) is 12.1 Å². The number of fused-ring (bicyclic) bond motifs is 1. The summed E-state index contributed by atoms with van der Waals surface area (Å²) in [6, 6.07) is 9.46. The number of aromatic amines is 1. The van der Waals surface area contributed by atoms with Crippen LogP contribution in [0.2, 0.25) is 0 Å². The molecule has 0 spiro atoms. The molecule has 2 N–H and O–H groups in total. The second-order valence-corrected chi connectivity index (χ2v) is 6.38. The highest BCUT2D eigenvalue weighted by Gasteiger charge is 2.19. The van der Waals surface area contributed by atoms with Crippen molar-refractivity contribution in [3.05, 3.63) is 71.3 Å². The molecular weight excluding hydrogens is 350 g/mol. The number of aromatic nitrogens is 5. The van der Waals surface area contributed by atoms with Crippen molar-refractivity contribution in [2.24, 2.45) is 0 Å². The van der Waals surface area contributed by atoms with Crippen LogP contribution >= 0.6 is 0 Å². The van der Waals surface area contributed by atoms with Gasteiger partial charge in [0, 0.05) is 23.7 Å². The third-order valence-electron chi connectivity index (χ3n) is 4.39. The van der Waals surface area contributed by atoms with Gasteiger partial charge in [-0.1, -0.05) is 19.1 Å². The number of hydrogen-bond acceptors (Lipinski definition) is 4. The quantitative estimate of drug-likeness (QED) is 0.550. The largest absolute Gasteiger partial charge is 0.322 e. The van der Waals surface area contributed by atoms with Crippen LogP contribution in [0.25, 0.3) is 5.52 Å². The van der Waals surface area contributed by atoms with E-state index in [4.69, 9.17) is 0 Å². The summed E-state index contributed by atoms with van der Waals surface area (Å²) < 4.78 is 28.6. The van der Waals surface area contributed by atoms with Gasteiger partial charge in [-0.3, -0.25) is 5.10 Å². The summed E-state index contributed by atoms with van der Waals surface area (Å²) >= 11 is 0. The van der Waals surface area contributed by atoms with E-state index >= 15 is 0 Å². The molecule has 1 aromatic carbocycles. The van der Waals surface area contributed by atoms with Crippen LogP contribution in [0.1, 0.15) is 36.3 Å². The van der Waals surface area contributed by atoms with Gasteiger partial charge < -0.3 is 5.32 Å². The second-order valence-electron chi connectivity index (χ2n) is 6.38. The molecule has 0 aliphatic heterocycles. The maximum Gasteiger partial charge on any atom is 0.159 e. The summed E-state index contributed by atoms with van der Waals surface area (Å²) in [5, 5.41) is 14.6. The Kier molecular flexibility index (Phi) is 4.31. The van der Waals surface area contributed by atoms with Crippen LogP contribution in [0.5, 0.6) is 0 Å². The van der Waals surface area contributed by atoms with Crippen molar-refractivity contribution in [3.63, 3.8) is 0 Å². The first-order valence-corrected chi connectivity index (χ1v) is 8.64. The lowest BCUT2D eigenvalue weighted by molar-refractivity contribution is 0.619. The zero-order valence-corrected chi connectivity index (χ0v) is 14.9. The molecule has 8 heteroatoms. The molecular formula is C19H18F2N6. The number of rotatable bonds is 5. The molecule has 0 amide bonds. The molecule has 4 rings (SSSR count). The Labute approximate surface area is 154 Å². The van der Waals surface area contributed by atoms with Gasteiger partial charge in [-0.2, -0.15) is 10.2 Å². The lowest BCUT2D eigenvalue weighted by atomic mass is 9.96. The highest BCUT2D eigenvalue weighted by Crippen LogP contribution is 2.28. The minimum Gasteiger partial charge on any atom is -0.322 e. The van der Waals surface area contributed by atoms with E-state index in [-0.39, 0.29) is 11.7 Å². The van der Waals surface area contributed by atoms with Crippen LogP contribution in [-0.2, 0) is 0 Å². The van der Waals surface area contributed by atoms with E-state index in [1.165, 1.54) is 28.9 Å². The molecule has 1 unspecified atom stereocenters. The summed E-state index contributed by atoms with van der Waals surface area (Å²) in [6.07, 6.45) is 2.01. The number of nitrogens with zero attached hydrogens (tertiary/aromatic N) is 4. The Balaban J connectivity index is 1.81. The van der Waals surface area contributed by atoms with E-state index < -0.39 is 5.82 Å². The van der Waals surface area contributed by atoms with Gasteiger partial charge in [0.15, 0.2) is 17.5 Å². The first-order valence-electron chi connectivity index (χ1n) is 8.64. The van der Waals surface area contributed by atoms with Crippen molar-refractivity contribution in [1.29, 1.82) is 0 Å². The number of benzene rings is 1. The minimum atomic E-state index is -0.405. The van der Waals surface area contributed by atoms with Crippen LogP contribution in [0.15, 0.2) is 42.6 Å². The van der Waals surface area contributed by atoms with Crippen LogP contribution in [-0.4, -0.2) is 24.8 Å². The molecule has 0 saturated carbocycles. The summed E-state index contributed by atoms with van der Waals surface area (Å²) in [6.45, 7) is 3.89. The normalized spacial score (nSPS) is 12.4. The van der Waals surface area contributed by atoms with Gasteiger partial charge in [0.1, 0.15) is 17.2 Å². The monoisotopic (exact) mass is 368 g/mol. The topological polar surface area (TPSA) is 70.9 Å². The predicted octanol–water partition coefficient (Wildman–Crippen LogP) is 4.32. The highest BCUT2D eigenvalue weighted by molar-refractivity contribution is 5.72. The Hall–Kier alpha value is -3.29. The van der Waals surface area contributed by atoms with Gasteiger partial charge in [-0.05, 0) is 31.0 Å². The number of H-pyrrole nitrogens is 1. The average molecular weight is 368 g/mol. The Morgan fingerprint density at radius 2 is 1.93 bits per heavy atom. The van der Waals surface area contributed by atoms with Crippen LogP contribution in [0, 0.1) is 18.6 Å². The molecule has 6 nitrogen and oxygen atoms in total. The molecule has 1 atom stereocenters. The SMILES string of the molecule is CCC(c1ccc(F)cc1)c1nc(Nc2cc(C)[nH]n2)c2cc(F)cn2n1. The molecule has 0 radical (unpaired) electrons. The fraction of sp³-hybridized carbons (Fsp3) is 0.211. The summed E-state index contributed by atoms with van der Waals surface area (Å²) in [4.78, 5) is 4.63. The number of hydrogen-bond donors (Lipinski definition) is 2. The zero-order chi connectivity index (χ0) is 19.0. The summed E-state index contributed by atoms with van der Waals surface area (Å²) in [5.74, 6) is 0.696. The van der Waals surface area contributed by atoms with Crippen molar-refractivity contribution in [2.45, 2.75) is 26.2 Å². The molecule has 0 fully saturated rings. The maximum atomic E-state index is 13.8. The molecule has 0 aliphatic carbocycles. The predicted molar refractivity (Wildman–Crippen MR) is 98.1 cm³/mol. The number of halogens is 2. The first kappa shape index (κ1) is 17.1. The van der Waals surface area contributed by atoms with Crippen molar-refractivity contribution in [1.82, 2.24) is 24.8 Å². The van der Waals surface area contributed by atoms with Crippen LogP contribution in [0.3, 0.4) is 0 Å². The van der Waals surface area contributed by atoms with E-state index in [0.717, 1.165) is 11.3 Å². The molecule has 0 bridgehead atoms. The zero-order valence-electron chi connectivity index (χ0n) is 14.9. The lowest BCUT2D eigenvalue weighted by Crippen LogP contribution is -2.11. The Bertz CT molecular complexity index is 1080. The van der Waals surface area contributed by atoms with Crippen molar-refractivity contribution >= 4 is 17.2 Å². The first-order chi connectivity index (χ1) is 13.0. The summed E-state index contributed by atoms with van der Waals surface area (Å²) in [5.41, 5.74) is 2.29. The van der Waals surface area contributed by atoms with Gasteiger partial charge >= 0.3 is 0 Å². The Morgan fingerprint density at radius 1 is 1.15 bits per heavy atom. The highest BCUT2D eigenvalue weighted by atomic mass is 19.1. The summed E-state index contributed by atoms with van der Waals surface area (Å²) in [7, 11) is 0. The van der Waals surface area contributed by atoms with Crippen molar-refractivity contribution < 1.29 is 8.78 Å². The minimum absolute atomic E-state index is 0.151. The number of nitrogens with one attached hydrogen (secondary N) is 2. The maximum absolute atomic E-state index is 13.8. The van der Waals surface area contributed by atoms with Gasteiger partial charge in [0.25, 0.3) is 0 Å². The fourth-order valence-electron chi connectivity index (χ4n) is 3.09. The molecule has 3 aromatic heterocycles. The third-order valence-corrected chi connectivity index (χ3v) is 4.39. The van der Waals surface area contributed by atoms with Gasteiger partial charge in [-0.25, -0.2) is 18.3 Å². The van der Waals surface area contributed by atoms with Crippen LogP contribution < -0.4 is 5.32 Å². The van der Waals surface area contributed by atoms with Crippen molar-refractivity contribution in [2.75, 3.05) is 5.32 Å².